The second kappa shape index (κ2) is 7.40. The highest BCUT2D eigenvalue weighted by atomic mass is 16.5. The van der Waals surface area contributed by atoms with Crippen molar-refractivity contribution >= 4 is 11.9 Å². The van der Waals surface area contributed by atoms with Crippen LogP contribution >= 0.6 is 0 Å². The number of esters is 1. The van der Waals surface area contributed by atoms with Crippen LogP contribution in [0.5, 0.6) is 0 Å². The summed E-state index contributed by atoms with van der Waals surface area (Å²) in [6.07, 6.45) is 6.58. The number of carbonyl (C=O) groups excluding carboxylic acids is 2. The number of carbonyl (C=O) groups is 2. The molecule has 0 radical (unpaired) electrons. The van der Waals surface area contributed by atoms with E-state index in [2.05, 4.69) is 4.90 Å². The van der Waals surface area contributed by atoms with Gasteiger partial charge in [0, 0.05) is 19.6 Å². The Morgan fingerprint density at radius 1 is 1.21 bits per heavy atom. The van der Waals surface area contributed by atoms with Crippen LogP contribution in [-0.2, 0) is 14.3 Å². The van der Waals surface area contributed by atoms with Crippen LogP contribution in [0.4, 0.5) is 0 Å². The second-order valence-corrected chi connectivity index (χ2v) is 7.76. The maximum absolute atomic E-state index is 12.8. The van der Waals surface area contributed by atoms with Crippen molar-refractivity contribution in [1.29, 1.82) is 0 Å². The summed E-state index contributed by atoms with van der Waals surface area (Å²) in [5.41, 5.74) is -1.25. The number of piperidine rings is 2. The lowest BCUT2D eigenvalue weighted by Gasteiger charge is -2.43. The number of β-amino-alcohol motifs (C(OH)–C–C–N with tert-alkyl or cyclic N) is 1. The molecule has 136 valence electrons. The molecule has 2 heterocycles. The van der Waals surface area contributed by atoms with Crippen molar-refractivity contribution in [2.75, 3.05) is 39.8 Å². The lowest BCUT2D eigenvalue weighted by atomic mass is 9.83. The Labute approximate surface area is 144 Å². The van der Waals surface area contributed by atoms with Crippen LogP contribution in [0, 0.1) is 11.8 Å². The van der Waals surface area contributed by atoms with Gasteiger partial charge in [0.25, 0.3) is 5.91 Å². The van der Waals surface area contributed by atoms with Crippen molar-refractivity contribution in [2.45, 2.75) is 50.5 Å². The maximum Gasteiger partial charge on any atom is 0.308 e. The summed E-state index contributed by atoms with van der Waals surface area (Å²) in [6.45, 7) is 3.45. The Morgan fingerprint density at radius 3 is 2.50 bits per heavy atom. The number of aliphatic hydroxyl groups is 1. The highest BCUT2D eigenvalue weighted by molar-refractivity contribution is 5.86. The first-order valence-electron chi connectivity index (χ1n) is 9.34. The summed E-state index contributed by atoms with van der Waals surface area (Å²) in [4.78, 5) is 28.4. The molecule has 3 fully saturated rings. The van der Waals surface area contributed by atoms with E-state index in [1.54, 1.807) is 0 Å². The smallest absolute Gasteiger partial charge is 0.308 e. The van der Waals surface area contributed by atoms with Crippen molar-refractivity contribution in [3.05, 3.63) is 0 Å². The number of methoxy groups -OCH3 is 1. The summed E-state index contributed by atoms with van der Waals surface area (Å²) >= 11 is 0. The number of amides is 1. The van der Waals surface area contributed by atoms with Gasteiger partial charge in [-0.15, -0.1) is 0 Å². The van der Waals surface area contributed by atoms with Gasteiger partial charge in [0.1, 0.15) is 0 Å². The third kappa shape index (κ3) is 3.75. The molecule has 1 aliphatic carbocycles. The van der Waals surface area contributed by atoms with Crippen LogP contribution in [0.3, 0.4) is 0 Å². The molecular formula is C18H30N2O4. The van der Waals surface area contributed by atoms with Crippen molar-refractivity contribution in [2.24, 2.45) is 11.8 Å². The SMILES string of the molecule is COC(=O)C1CCN(C[C@@]2(O)CCCN(CC3CCC3)C2=O)CC1. The summed E-state index contributed by atoms with van der Waals surface area (Å²) < 4.78 is 4.81. The topological polar surface area (TPSA) is 70.1 Å². The Hall–Kier alpha value is -1.14. The van der Waals surface area contributed by atoms with Gasteiger partial charge < -0.3 is 14.7 Å². The quantitative estimate of drug-likeness (QED) is 0.758. The van der Waals surface area contributed by atoms with Crippen LogP contribution in [0.15, 0.2) is 0 Å². The molecule has 6 nitrogen and oxygen atoms in total. The monoisotopic (exact) mass is 338 g/mol. The van der Waals surface area contributed by atoms with Gasteiger partial charge in [0.2, 0.25) is 0 Å². The van der Waals surface area contributed by atoms with Gasteiger partial charge in [-0.2, -0.15) is 0 Å². The molecule has 1 atom stereocenters. The van der Waals surface area contributed by atoms with Crippen LogP contribution < -0.4 is 0 Å². The zero-order chi connectivity index (χ0) is 17.2. The minimum absolute atomic E-state index is 0.0435. The first kappa shape index (κ1) is 17.7. The number of hydrogen-bond acceptors (Lipinski definition) is 5. The molecule has 2 aliphatic heterocycles. The largest absolute Gasteiger partial charge is 0.469 e. The molecule has 24 heavy (non-hydrogen) atoms. The van der Waals surface area contributed by atoms with Gasteiger partial charge in [-0.1, -0.05) is 6.42 Å². The molecule has 0 aromatic carbocycles. The Morgan fingerprint density at radius 2 is 1.92 bits per heavy atom. The van der Waals surface area contributed by atoms with Crippen LogP contribution in [0.25, 0.3) is 0 Å². The molecule has 1 N–H and O–H groups in total. The van der Waals surface area contributed by atoms with Gasteiger partial charge in [-0.05, 0) is 57.5 Å². The fraction of sp³-hybridized carbons (Fsp3) is 0.889. The lowest BCUT2D eigenvalue weighted by Crippen LogP contribution is -2.60. The van der Waals surface area contributed by atoms with Crippen LogP contribution in [0.1, 0.15) is 44.9 Å². The summed E-state index contributed by atoms with van der Waals surface area (Å²) in [5.74, 6) is 0.356. The summed E-state index contributed by atoms with van der Waals surface area (Å²) in [5, 5.41) is 11.0. The third-order valence-electron chi connectivity index (χ3n) is 6.01. The molecule has 0 aromatic rings. The molecule has 3 rings (SSSR count). The summed E-state index contributed by atoms with van der Waals surface area (Å²) in [6, 6.07) is 0. The zero-order valence-corrected chi connectivity index (χ0v) is 14.7. The van der Waals surface area contributed by atoms with Crippen molar-refractivity contribution in [3.63, 3.8) is 0 Å². The number of nitrogens with zero attached hydrogens (tertiary/aromatic N) is 2. The fourth-order valence-corrected chi connectivity index (χ4v) is 4.24. The lowest BCUT2D eigenvalue weighted by molar-refractivity contribution is -0.162. The van der Waals surface area contributed by atoms with E-state index in [1.807, 2.05) is 4.90 Å². The highest BCUT2D eigenvalue weighted by Gasteiger charge is 2.44. The first-order valence-corrected chi connectivity index (χ1v) is 9.34. The molecule has 0 bridgehead atoms. The van der Waals surface area contributed by atoms with Crippen molar-refractivity contribution in [1.82, 2.24) is 9.80 Å². The van der Waals surface area contributed by atoms with Gasteiger partial charge >= 0.3 is 5.97 Å². The standard InChI is InChI=1S/C18H30N2O4/c1-24-16(21)15-6-10-19(11-7-15)13-18(23)8-3-9-20(17(18)22)12-14-4-2-5-14/h14-15,23H,2-13H2,1H3/t18-/m0/s1. The van der Waals surface area contributed by atoms with E-state index in [0.717, 1.165) is 45.4 Å². The Kier molecular flexibility index (Phi) is 5.45. The predicted octanol–water partition coefficient (Wildman–Crippen LogP) is 1.02. The number of likely N-dealkylation sites (tertiary alicyclic amines) is 2. The number of ether oxygens (including phenoxy) is 1. The van der Waals surface area contributed by atoms with E-state index in [1.165, 1.54) is 26.4 Å². The first-order chi connectivity index (χ1) is 11.5. The molecule has 6 heteroatoms. The molecular weight excluding hydrogens is 308 g/mol. The van der Waals surface area contributed by atoms with Gasteiger partial charge in [0.15, 0.2) is 5.60 Å². The molecule has 1 saturated carbocycles. The average molecular weight is 338 g/mol. The molecule has 2 saturated heterocycles. The molecule has 0 unspecified atom stereocenters. The predicted molar refractivity (Wildman–Crippen MR) is 89.3 cm³/mol. The molecule has 0 spiro atoms. The summed E-state index contributed by atoms with van der Waals surface area (Å²) in [7, 11) is 1.43. The van der Waals surface area contributed by atoms with Crippen LogP contribution in [0.2, 0.25) is 0 Å². The van der Waals surface area contributed by atoms with E-state index in [-0.39, 0.29) is 17.8 Å². The molecule has 3 aliphatic rings. The van der Waals surface area contributed by atoms with Gasteiger partial charge in [-0.25, -0.2) is 0 Å². The zero-order valence-electron chi connectivity index (χ0n) is 14.7. The normalized spacial score (nSPS) is 30.2. The highest BCUT2D eigenvalue weighted by Crippen LogP contribution is 2.31. The van der Waals surface area contributed by atoms with Crippen molar-refractivity contribution < 1.29 is 19.4 Å². The Balaban J connectivity index is 1.53. The minimum atomic E-state index is -1.25. The molecule has 0 aromatic heterocycles. The van der Waals surface area contributed by atoms with E-state index in [9.17, 15) is 14.7 Å². The third-order valence-corrected chi connectivity index (χ3v) is 6.01. The Bertz CT molecular complexity index is 472. The van der Waals surface area contributed by atoms with Crippen molar-refractivity contribution in [3.8, 4) is 0 Å². The van der Waals surface area contributed by atoms with Gasteiger partial charge in [-0.3, -0.25) is 14.5 Å². The fourth-order valence-electron chi connectivity index (χ4n) is 4.24. The van der Waals surface area contributed by atoms with Crippen LogP contribution in [-0.4, -0.2) is 72.2 Å². The van der Waals surface area contributed by atoms with E-state index >= 15 is 0 Å². The van der Waals surface area contributed by atoms with E-state index in [0.29, 0.717) is 18.9 Å². The van der Waals surface area contributed by atoms with Gasteiger partial charge in [0.05, 0.1) is 13.0 Å². The van der Waals surface area contributed by atoms with E-state index in [4.69, 9.17) is 4.74 Å². The number of hydrogen-bond donors (Lipinski definition) is 1. The maximum atomic E-state index is 12.8. The average Bonchev–Trinajstić information content (AvgIpc) is 2.54. The minimum Gasteiger partial charge on any atom is -0.469 e. The number of rotatable bonds is 5. The van der Waals surface area contributed by atoms with E-state index < -0.39 is 5.60 Å². The second-order valence-electron chi connectivity index (χ2n) is 7.76. The molecule has 1 amide bonds.